The van der Waals surface area contributed by atoms with E-state index in [0.29, 0.717) is 31.9 Å². The van der Waals surface area contributed by atoms with Crippen LogP contribution in [0.4, 0.5) is 4.79 Å². The predicted octanol–water partition coefficient (Wildman–Crippen LogP) is 1.52. The van der Waals surface area contributed by atoms with Crippen molar-refractivity contribution in [1.82, 2.24) is 9.80 Å². The molecule has 1 heterocycles. The number of rotatable bonds is 3. The summed E-state index contributed by atoms with van der Waals surface area (Å²) in [5.41, 5.74) is 5.16. The van der Waals surface area contributed by atoms with E-state index in [4.69, 9.17) is 15.9 Å². The van der Waals surface area contributed by atoms with E-state index in [9.17, 15) is 4.79 Å². The molecule has 6 heteroatoms. The number of nitrogens with two attached hydrogens (primary N) is 1. The molecule has 0 aliphatic carbocycles. The summed E-state index contributed by atoms with van der Waals surface area (Å²) in [5.74, 6) is 0.691. The molecule has 0 aromatic heterocycles. The zero-order valence-electron chi connectivity index (χ0n) is 12.5. The number of hydrogen-bond donors (Lipinski definition) is 2. The van der Waals surface area contributed by atoms with Crippen molar-refractivity contribution in [1.29, 1.82) is 5.41 Å². The minimum atomic E-state index is -0.477. The average molecular weight is 290 g/mol. The Morgan fingerprint density at radius 3 is 2.29 bits per heavy atom. The molecule has 3 N–H and O–H groups in total. The van der Waals surface area contributed by atoms with Gasteiger partial charge in [-0.3, -0.25) is 10.3 Å². The number of carbonyl (C=O) groups is 1. The number of hydrogen-bond acceptors (Lipinski definition) is 4. The van der Waals surface area contributed by atoms with Crippen molar-refractivity contribution in [2.75, 3.05) is 26.2 Å². The van der Waals surface area contributed by atoms with Gasteiger partial charge >= 0.3 is 6.09 Å². The smallest absolute Gasteiger partial charge is 0.410 e. The first-order valence-electron chi connectivity index (χ1n) is 7.02. The summed E-state index contributed by atoms with van der Waals surface area (Å²) in [6.45, 7) is 6.35. The second kappa shape index (κ2) is 6.13. The molecule has 1 saturated heterocycles. The summed E-state index contributed by atoms with van der Waals surface area (Å²) < 4.78 is 5.32. The molecule has 1 aliphatic heterocycles. The SMILES string of the molecule is CC(C)(C(=N)N)N1CCN(C(=O)Oc2ccccc2)CC1. The molecule has 0 radical (unpaired) electrons. The zero-order chi connectivity index (χ0) is 15.5. The minimum Gasteiger partial charge on any atom is -0.410 e. The molecule has 1 aliphatic rings. The maximum Gasteiger partial charge on any atom is 0.415 e. The summed E-state index contributed by atoms with van der Waals surface area (Å²) >= 11 is 0. The second-order valence-electron chi connectivity index (χ2n) is 5.63. The van der Waals surface area contributed by atoms with E-state index in [-0.39, 0.29) is 11.9 Å². The first kappa shape index (κ1) is 15.3. The predicted molar refractivity (Wildman–Crippen MR) is 81.6 cm³/mol. The minimum absolute atomic E-state index is 0.141. The summed E-state index contributed by atoms with van der Waals surface area (Å²) in [7, 11) is 0. The quantitative estimate of drug-likeness (QED) is 0.653. The van der Waals surface area contributed by atoms with Crippen molar-refractivity contribution < 1.29 is 9.53 Å². The molecule has 1 amide bonds. The lowest BCUT2D eigenvalue weighted by molar-refractivity contribution is 0.0803. The van der Waals surface area contributed by atoms with Gasteiger partial charge < -0.3 is 15.4 Å². The lowest BCUT2D eigenvalue weighted by Crippen LogP contribution is -2.60. The Bertz CT molecular complexity index is 508. The van der Waals surface area contributed by atoms with E-state index in [1.54, 1.807) is 17.0 Å². The third-order valence-electron chi connectivity index (χ3n) is 3.94. The summed E-state index contributed by atoms with van der Waals surface area (Å²) in [4.78, 5) is 15.9. The van der Waals surface area contributed by atoms with Crippen molar-refractivity contribution in [3.05, 3.63) is 30.3 Å². The molecule has 0 bridgehead atoms. The van der Waals surface area contributed by atoms with Crippen molar-refractivity contribution in [2.24, 2.45) is 5.73 Å². The molecule has 1 aromatic carbocycles. The van der Waals surface area contributed by atoms with Crippen LogP contribution in [0.2, 0.25) is 0 Å². The highest BCUT2D eigenvalue weighted by atomic mass is 16.6. The van der Waals surface area contributed by atoms with Crippen LogP contribution in [0.5, 0.6) is 5.75 Å². The maximum absolute atomic E-state index is 12.1. The monoisotopic (exact) mass is 290 g/mol. The summed E-state index contributed by atoms with van der Waals surface area (Å²) in [5, 5.41) is 7.65. The van der Waals surface area contributed by atoms with Crippen LogP contribution < -0.4 is 10.5 Å². The third-order valence-corrected chi connectivity index (χ3v) is 3.94. The van der Waals surface area contributed by atoms with Crippen LogP contribution in [-0.4, -0.2) is 53.4 Å². The number of piperazine rings is 1. The fourth-order valence-electron chi connectivity index (χ4n) is 2.27. The molecule has 0 saturated carbocycles. The number of amidine groups is 1. The zero-order valence-corrected chi connectivity index (χ0v) is 12.5. The Morgan fingerprint density at radius 2 is 1.76 bits per heavy atom. The number of ether oxygens (including phenoxy) is 1. The van der Waals surface area contributed by atoms with Crippen LogP contribution in [0.1, 0.15) is 13.8 Å². The van der Waals surface area contributed by atoms with Crippen molar-refractivity contribution >= 4 is 11.9 Å². The standard InChI is InChI=1S/C15H22N4O2/c1-15(2,13(16)17)19-10-8-18(9-11-19)14(20)21-12-6-4-3-5-7-12/h3-7H,8-11H2,1-2H3,(H3,16,17). The molecule has 1 fully saturated rings. The van der Waals surface area contributed by atoms with Crippen LogP contribution in [0.25, 0.3) is 0 Å². The van der Waals surface area contributed by atoms with Gasteiger partial charge in [0, 0.05) is 26.2 Å². The van der Waals surface area contributed by atoms with E-state index < -0.39 is 5.54 Å². The van der Waals surface area contributed by atoms with E-state index >= 15 is 0 Å². The normalized spacial score (nSPS) is 16.6. The topological polar surface area (TPSA) is 82.7 Å². The average Bonchev–Trinajstić information content (AvgIpc) is 2.48. The molecule has 0 unspecified atom stereocenters. The Balaban J connectivity index is 1.89. The highest BCUT2D eigenvalue weighted by molar-refractivity contribution is 5.86. The maximum atomic E-state index is 12.1. The number of para-hydroxylation sites is 1. The molecule has 6 nitrogen and oxygen atoms in total. The van der Waals surface area contributed by atoms with Gasteiger partial charge in [0.15, 0.2) is 0 Å². The Kier molecular flexibility index (Phi) is 4.47. The number of nitrogens with one attached hydrogen (secondary N) is 1. The fourth-order valence-corrected chi connectivity index (χ4v) is 2.27. The molecule has 21 heavy (non-hydrogen) atoms. The number of amides is 1. The molecule has 1 aromatic rings. The van der Waals surface area contributed by atoms with Gasteiger partial charge in [0.2, 0.25) is 0 Å². The van der Waals surface area contributed by atoms with Crippen molar-refractivity contribution in [3.63, 3.8) is 0 Å². The van der Waals surface area contributed by atoms with E-state index in [2.05, 4.69) is 4.90 Å². The lowest BCUT2D eigenvalue weighted by Gasteiger charge is -2.42. The van der Waals surface area contributed by atoms with Crippen LogP contribution >= 0.6 is 0 Å². The first-order chi connectivity index (χ1) is 9.91. The summed E-state index contributed by atoms with van der Waals surface area (Å²) in [6.07, 6.45) is -0.332. The highest BCUT2D eigenvalue weighted by Gasteiger charge is 2.33. The molecule has 2 rings (SSSR count). The van der Waals surface area contributed by atoms with E-state index in [1.165, 1.54) is 0 Å². The third kappa shape index (κ3) is 3.52. The van der Waals surface area contributed by atoms with Gasteiger partial charge in [-0.25, -0.2) is 4.79 Å². The second-order valence-corrected chi connectivity index (χ2v) is 5.63. The van der Waals surface area contributed by atoms with Crippen LogP contribution in [-0.2, 0) is 0 Å². The lowest BCUT2D eigenvalue weighted by atomic mass is 10.0. The number of benzene rings is 1. The number of carbonyl (C=O) groups excluding carboxylic acids is 1. The first-order valence-corrected chi connectivity index (χ1v) is 7.02. The van der Waals surface area contributed by atoms with Gasteiger partial charge in [-0.2, -0.15) is 0 Å². The Hall–Kier alpha value is -2.08. The van der Waals surface area contributed by atoms with E-state index in [1.807, 2.05) is 32.0 Å². The summed E-state index contributed by atoms with van der Waals surface area (Å²) in [6, 6.07) is 9.05. The van der Waals surface area contributed by atoms with Gasteiger partial charge in [0.25, 0.3) is 0 Å². The van der Waals surface area contributed by atoms with Gasteiger partial charge in [-0.15, -0.1) is 0 Å². The molecule has 0 atom stereocenters. The Labute approximate surface area is 125 Å². The number of nitrogens with zero attached hydrogens (tertiary/aromatic N) is 2. The molecular formula is C15H22N4O2. The van der Waals surface area contributed by atoms with E-state index in [0.717, 1.165) is 0 Å². The Morgan fingerprint density at radius 1 is 1.19 bits per heavy atom. The van der Waals surface area contributed by atoms with Crippen molar-refractivity contribution in [3.8, 4) is 5.75 Å². The van der Waals surface area contributed by atoms with Gasteiger partial charge in [-0.05, 0) is 26.0 Å². The van der Waals surface area contributed by atoms with Gasteiger partial charge in [0.1, 0.15) is 11.6 Å². The highest BCUT2D eigenvalue weighted by Crippen LogP contribution is 2.18. The largest absolute Gasteiger partial charge is 0.415 e. The molecular weight excluding hydrogens is 268 g/mol. The van der Waals surface area contributed by atoms with Crippen LogP contribution in [0, 0.1) is 5.41 Å². The van der Waals surface area contributed by atoms with Gasteiger partial charge in [-0.1, -0.05) is 18.2 Å². The van der Waals surface area contributed by atoms with Crippen molar-refractivity contribution in [2.45, 2.75) is 19.4 Å². The van der Waals surface area contributed by atoms with Crippen LogP contribution in [0.15, 0.2) is 30.3 Å². The molecule has 0 spiro atoms. The van der Waals surface area contributed by atoms with Crippen LogP contribution in [0.3, 0.4) is 0 Å². The molecule has 114 valence electrons. The fraction of sp³-hybridized carbons (Fsp3) is 0.467. The van der Waals surface area contributed by atoms with Gasteiger partial charge in [0.05, 0.1) is 5.54 Å².